The molecule has 3 amide bonds. The summed E-state index contributed by atoms with van der Waals surface area (Å²) in [6.45, 7) is 7.28. The van der Waals surface area contributed by atoms with E-state index in [-0.39, 0.29) is 42.4 Å². The molecule has 0 spiro atoms. The molecule has 0 radical (unpaired) electrons. The van der Waals surface area contributed by atoms with Gasteiger partial charge in [-0.15, -0.1) is 0 Å². The van der Waals surface area contributed by atoms with Crippen LogP contribution in [0.25, 0.3) is 0 Å². The topological polar surface area (TPSA) is 123 Å². The van der Waals surface area contributed by atoms with Gasteiger partial charge in [-0.1, -0.05) is 6.92 Å². The van der Waals surface area contributed by atoms with E-state index in [1.165, 1.54) is 22.6 Å². The van der Waals surface area contributed by atoms with Gasteiger partial charge in [0, 0.05) is 30.4 Å². The average Bonchev–Trinajstić information content (AvgIpc) is 3.25. The Balaban J connectivity index is 1.70. The fourth-order valence-corrected chi connectivity index (χ4v) is 4.93. The predicted molar refractivity (Wildman–Crippen MR) is 134 cm³/mol. The summed E-state index contributed by atoms with van der Waals surface area (Å²) >= 11 is 0. The van der Waals surface area contributed by atoms with Crippen LogP contribution < -0.4 is 15.5 Å². The van der Waals surface area contributed by atoms with Crippen molar-refractivity contribution in [2.24, 2.45) is 5.92 Å². The zero-order chi connectivity index (χ0) is 26.0. The smallest absolute Gasteiger partial charge is 0.358 e. The molecule has 1 atom stereocenters. The molecule has 2 aromatic rings. The highest BCUT2D eigenvalue weighted by Crippen LogP contribution is 2.34. The minimum absolute atomic E-state index is 0.0204. The number of aromatic nitrogens is 2. The van der Waals surface area contributed by atoms with E-state index in [0.29, 0.717) is 17.3 Å². The Bertz CT molecular complexity index is 1170. The Morgan fingerprint density at radius 2 is 1.81 bits per heavy atom. The van der Waals surface area contributed by atoms with Crippen LogP contribution in [0.4, 0.5) is 11.4 Å². The Labute approximate surface area is 210 Å². The summed E-state index contributed by atoms with van der Waals surface area (Å²) in [5.41, 5.74) is -0.0181. The maximum atomic E-state index is 13.8. The lowest BCUT2D eigenvalue weighted by Crippen LogP contribution is -2.65. The minimum Gasteiger partial charge on any atom is -0.461 e. The van der Waals surface area contributed by atoms with E-state index in [0.717, 1.165) is 25.7 Å². The molecule has 1 fully saturated rings. The first-order valence-electron chi connectivity index (χ1n) is 12.4. The molecule has 2 heterocycles. The van der Waals surface area contributed by atoms with Crippen LogP contribution in [0.5, 0.6) is 0 Å². The Hall–Kier alpha value is -3.69. The first kappa shape index (κ1) is 25.4. The summed E-state index contributed by atoms with van der Waals surface area (Å²) in [6.07, 6.45) is 3.87. The highest BCUT2D eigenvalue weighted by Gasteiger charge is 2.49. The minimum atomic E-state index is -1.30. The van der Waals surface area contributed by atoms with Crippen LogP contribution in [-0.2, 0) is 20.9 Å². The fourth-order valence-electron chi connectivity index (χ4n) is 4.93. The van der Waals surface area contributed by atoms with E-state index < -0.39 is 17.4 Å². The van der Waals surface area contributed by atoms with E-state index in [4.69, 9.17) is 4.74 Å². The maximum Gasteiger partial charge on any atom is 0.358 e. The lowest BCUT2D eigenvalue weighted by Gasteiger charge is -2.44. The SMILES string of the molecule is CCOC(=O)c1cc2n(n1)CC(C)(C(=O)NC1CCC(C)CC1)N(c1ccc(NC(C)=O)cc1)C2=O. The number of ether oxygens (including phenoxy) is 1. The molecule has 192 valence electrons. The molecular weight excluding hydrogens is 462 g/mol. The zero-order valence-corrected chi connectivity index (χ0v) is 21.2. The van der Waals surface area contributed by atoms with E-state index >= 15 is 0 Å². The first-order valence-corrected chi connectivity index (χ1v) is 12.4. The second-order valence-corrected chi connectivity index (χ2v) is 9.87. The van der Waals surface area contributed by atoms with Crippen LogP contribution in [0.1, 0.15) is 74.4 Å². The predicted octanol–water partition coefficient (Wildman–Crippen LogP) is 3.13. The van der Waals surface area contributed by atoms with Crippen molar-refractivity contribution >= 4 is 35.1 Å². The molecule has 36 heavy (non-hydrogen) atoms. The van der Waals surface area contributed by atoms with Crippen LogP contribution >= 0.6 is 0 Å². The van der Waals surface area contributed by atoms with Crippen LogP contribution in [0, 0.1) is 5.92 Å². The van der Waals surface area contributed by atoms with Crippen molar-refractivity contribution in [2.75, 3.05) is 16.8 Å². The number of fused-ring (bicyclic) bond motifs is 1. The molecule has 0 bridgehead atoms. The average molecular weight is 496 g/mol. The van der Waals surface area contributed by atoms with Crippen LogP contribution in [0.3, 0.4) is 0 Å². The summed E-state index contributed by atoms with van der Waals surface area (Å²) in [5, 5.41) is 10.2. The van der Waals surface area contributed by atoms with Gasteiger partial charge >= 0.3 is 5.97 Å². The van der Waals surface area contributed by atoms with Gasteiger partial charge in [0.25, 0.3) is 5.91 Å². The Morgan fingerprint density at radius 1 is 1.14 bits per heavy atom. The molecule has 1 saturated carbocycles. The number of nitrogens with zero attached hydrogens (tertiary/aromatic N) is 3. The van der Waals surface area contributed by atoms with Gasteiger partial charge in [0.05, 0.1) is 13.2 Å². The molecule has 1 unspecified atom stereocenters. The summed E-state index contributed by atoms with van der Waals surface area (Å²) in [7, 11) is 0. The number of carbonyl (C=O) groups is 4. The molecule has 10 nitrogen and oxygen atoms in total. The van der Waals surface area contributed by atoms with Crippen molar-refractivity contribution in [3.63, 3.8) is 0 Å². The van der Waals surface area contributed by atoms with Gasteiger partial charge in [-0.25, -0.2) is 4.79 Å². The standard InChI is InChI=1S/C26H33N5O5/c1-5-36-24(34)21-14-22-23(33)31(20-12-10-18(11-13-20)27-17(3)32)26(4,15-30(22)29-21)25(35)28-19-8-6-16(2)7-9-19/h10-14,16,19H,5-9,15H2,1-4H3,(H,27,32)(H,28,35). The number of anilines is 2. The van der Waals surface area contributed by atoms with Gasteiger partial charge in [0.1, 0.15) is 11.2 Å². The maximum absolute atomic E-state index is 13.8. The van der Waals surface area contributed by atoms with E-state index in [1.54, 1.807) is 38.1 Å². The molecule has 4 rings (SSSR count). The van der Waals surface area contributed by atoms with Crippen molar-refractivity contribution in [1.29, 1.82) is 0 Å². The third kappa shape index (κ3) is 4.98. The largest absolute Gasteiger partial charge is 0.461 e. The normalized spacial score (nSPS) is 23.6. The molecule has 2 N–H and O–H groups in total. The number of benzene rings is 1. The van der Waals surface area contributed by atoms with E-state index in [2.05, 4.69) is 22.7 Å². The van der Waals surface area contributed by atoms with Gasteiger partial charge in [0.2, 0.25) is 11.8 Å². The molecule has 10 heteroatoms. The molecule has 1 aliphatic heterocycles. The third-order valence-electron chi connectivity index (χ3n) is 6.92. The van der Waals surface area contributed by atoms with Gasteiger partial charge in [0.15, 0.2) is 5.69 Å². The van der Waals surface area contributed by atoms with E-state index in [1.807, 2.05) is 0 Å². The number of carbonyl (C=O) groups excluding carboxylic acids is 4. The Morgan fingerprint density at radius 3 is 2.42 bits per heavy atom. The molecule has 0 saturated heterocycles. The summed E-state index contributed by atoms with van der Waals surface area (Å²) in [4.78, 5) is 52.7. The number of nitrogens with one attached hydrogen (secondary N) is 2. The molecular formula is C26H33N5O5. The van der Waals surface area contributed by atoms with Crippen molar-refractivity contribution in [2.45, 2.75) is 71.5 Å². The van der Waals surface area contributed by atoms with E-state index in [9.17, 15) is 19.2 Å². The summed E-state index contributed by atoms with van der Waals surface area (Å²) in [5.74, 6) is -0.928. The van der Waals surface area contributed by atoms with Crippen LogP contribution in [0.2, 0.25) is 0 Å². The van der Waals surface area contributed by atoms with Crippen molar-refractivity contribution < 1.29 is 23.9 Å². The number of rotatable bonds is 6. The van der Waals surface area contributed by atoms with Crippen LogP contribution in [0.15, 0.2) is 30.3 Å². The van der Waals surface area contributed by atoms with Crippen molar-refractivity contribution in [3.05, 3.63) is 41.7 Å². The summed E-state index contributed by atoms with van der Waals surface area (Å²) < 4.78 is 6.47. The third-order valence-corrected chi connectivity index (χ3v) is 6.92. The van der Waals surface area contributed by atoms with Gasteiger partial charge < -0.3 is 15.4 Å². The molecule has 1 aromatic heterocycles. The highest BCUT2D eigenvalue weighted by atomic mass is 16.5. The van der Waals surface area contributed by atoms with Gasteiger partial charge in [-0.05, 0) is 69.7 Å². The van der Waals surface area contributed by atoms with Crippen molar-refractivity contribution in [1.82, 2.24) is 15.1 Å². The first-order chi connectivity index (χ1) is 17.1. The lowest BCUT2D eigenvalue weighted by atomic mass is 9.86. The summed E-state index contributed by atoms with van der Waals surface area (Å²) in [6, 6.07) is 8.18. The number of hydrogen-bond acceptors (Lipinski definition) is 6. The second-order valence-electron chi connectivity index (χ2n) is 9.87. The quantitative estimate of drug-likeness (QED) is 0.594. The Kier molecular flexibility index (Phi) is 7.14. The molecule has 2 aliphatic rings. The van der Waals surface area contributed by atoms with Crippen LogP contribution in [-0.4, -0.2) is 51.7 Å². The zero-order valence-electron chi connectivity index (χ0n) is 21.2. The highest BCUT2D eigenvalue weighted by molar-refractivity contribution is 6.12. The number of amides is 3. The fraction of sp³-hybridized carbons (Fsp3) is 0.500. The number of hydrogen-bond donors (Lipinski definition) is 2. The molecule has 1 aliphatic carbocycles. The van der Waals surface area contributed by atoms with Gasteiger partial charge in [-0.2, -0.15) is 5.10 Å². The second kappa shape index (κ2) is 10.1. The van der Waals surface area contributed by atoms with Crippen molar-refractivity contribution in [3.8, 4) is 0 Å². The monoisotopic (exact) mass is 495 g/mol. The number of esters is 1. The lowest BCUT2D eigenvalue weighted by molar-refractivity contribution is -0.127. The molecule has 1 aromatic carbocycles. The van der Waals surface area contributed by atoms with Gasteiger partial charge in [-0.3, -0.25) is 24.0 Å².